The SMILES string of the molecule is CCC(C)CC(C)/C=C/C(=O)O[C@@H]1[C@@H](OC(C)(C)OC)[C@]2(CC/C=C/c3cccc4ccccc34)O[C@H](C(=O)OC(C)(C)C)[C@@](O)(C(=O)OC(C)(C)C)[C@@]1(C(=O)OC(C)(C)C)O2. The second kappa shape index (κ2) is 18.9. The van der Waals surface area contributed by atoms with Crippen molar-refractivity contribution in [1.82, 2.24) is 0 Å². The van der Waals surface area contributed by atoms with Crippen LogP contribution in [0.2, 0.25) is 0 Å². The summed E-state index contributed by atoms with van der Waals surface area (Å²) in [6, 6.07) is 13.8. The van der Waals surface area contributed by atoms with Crippen LogP contribution < -0.4 is 0 Å². The second-order valence-corrected chi connectivity index (χ2v) is 20.0. The number of hydrogen-bond donors (Lipinski definition) is 1. The molecule has 8 atom stereocenters. The number of hydrogen-bond acceptors (Lipinski definition) is 13. The Hall–Kier alpha value is -4.14. The monoisotopic (exact) mass is 866 g/mol. The number of benzene rings is 2. The largest absolute Gasteiger partial charge is 0.458 e. The van der Waals surface area contributed by atoms with Gasteiger partial charge >= 0.3 is 23.9 Å². The summed E-state index contributed by atoms with van der Waals surface area (Å²) < 4.78 is 49.7. The lowest BCUT2D eigenvalue weighted by atomic mass is 9.74. The van der Waals surface area contributed by atoms with Crippen molar-refractivity contribution < 1.29 is 62.2 Å². The number of allylic oxidation sites excluding steroid dienone is 2. The summed E-state index contributed by atoms with van der Waals surface area (Å²) in [5, 5.41) is 15.4. The molecule has 2 aromatic rings. The van der Waals surface area contributed by atoms with Gasteiger partial charge in [-0.25, -0.2) is 19.2 Å². The Kier molecular flexibility index (Phi) is 15.4. The van der Waals surface area contributed by atoms with Crippen LogP contribution in [0, 0.1) is 11.8 Å². The Bertz CT molecular complexity index is 1980. The number of ether oxygens (including phenoxy) is 8. The maximum absolute atomic E-state index is 15.3. The molecule has 0 radical (unpaired) electrons. The molecule has 0 saturated carbocycles. The number of carbonyl (C=O) groups is 4. The van der Waals surface area contributed by atoms with E-state index in [-0.39, 0.29) is 18.8 Å². The Balaban J connectivity index is 2.05. The third-order valence-electron chi connectivity index (χ3n) is 10.7. The van der Waals surface area contributed by atoms with Crippen LogP contribution in [0.4, 0.5) is 0 Å². The molecule has 2 saturated heterocycles. The fraction of sp³-hybridized carbons (Fsp3) is 0.633. The summed E-state index contributed by atoms with van der Waals surface area (Å²) in [6.07, 6.45) is 2.32. The molecule has 2 bridgehead atoms. The lowest BCUT2D eigenvalue weighted by Gasteiger charge is -2.51. The van der Waals surface area contributed by atoms with E-state index in [4.69, 9.17) is 37.9 Å². The minimum atomic E-state index is -3.43. The number of esters is 4. The number of carbonyl (C=O) groups excluding carboxylic acids is 4. The van der Waals surface area contributed by atoms with Crippen LogP contribution >= 0.6 is 0 Å². The summed E-state index contributed by atoms with van der Waals surface area (Å²) in [5.41, 5.74) is -9.35. The van der Waals surface area contributed by atoms with Crippen LogP contribution in [0.5, 0.6) is 0 Å². The fourth-order valence-corrected chi connectivity index (χ4v) is 7.63. The maximum Gasteiger partial charge on any atom is 0.347 e. The molecule has 13 nitrogen and oxygen atoms in total. The van der Waals surface area contributed by atoms with Gasteiger partial charge < -0.3 is 43.0 Å². The third-order valence-corrected chi connectivity index (χ3v) is 10.7. The third kappa shape index (κ3) is 11.5. The van der Waals surface area contributed by atoms with Gasteiger partial charge in [-0.2, -0.15) is 0 Å². The first-order valence-corrected chi connectivity index (χ1v) is 21.6. The highest BCUT2D eigenvalue weighted by atomic mass is 16.8. The minimum Gasteiger partial charge on any atom is -0.458 e. The van der Waals surface area contributed by atoms with Gasteiger partial charge in [-0.1, -0.05) is 87.9 Å². The molecule has 13 heteroatoms. The molecule has 0 amide bonds. The molecule has 2 aromatic carbocycles. The molecule has 2 unspecified atom stereocenters. The Morgan fingerprint density at radius 1 is 0.823 bits per heavy atom. The lowest BCUT2D eigenvalue weighted by molar-refractivity contribution is -0.387. The van der Waals surface area contributed by atoms with Gasteiger partial charge in [-0.15, -0.1) is 0 Å². The van der Waals surface area contributed by atoms with Crippen molar-refractivity contribution in [2.75, 3.05) is 7.11 Å². The Labute approximate surface area is 367 Å². The van der Waals surface area contributed by atoms with Gasteiger partial charge in [0, 0.05) is 19.6 Å². The smallest absolute Gasteiger partial charge is 0.347 e. The van der Waals surface area contributed by atoms with Gasteiger partial charge in [0.15, 0.2) is 18.0 Å². The predicted octanol–water partition coefficient (Wildman–Crippen LogP) is 8.56. The molecule has 4 rings (SSSR count). The Morgan fingerprint density at radius 3 is 2.02 bits per heavy atom. The van der Waals surface area contributed by atoms with E-state index >= 15 is 4.79 Å². The van der Waals surface area contributed by atoms with E-state index in [1.165, 1.54) is 13.2 Å². The Morgan fingerprint density at radius 2 is 1.42 bits per heavy atom. The average Bonchev–Trinajstić information content (AvgIpc) is 3.37. The molecule has 0 aliphatic carbocycles. The highest BCUT2D eigenvalue weighted by Gasteiger charge is 2.87. The van der Waals surface area contributed by atoms with E-state index < -0.39 is 81.8 Å². The fourth-order valence-electron chi connectivity index (χ4n) is 7.63. The van der Waals surface area contributed by atoms with Crippen LogP contribution in [0.3, 0.4) is 0 Å². The summed E-state index contributed by atoms with van der Waals surface area (Å²) in [4.78, 5) is 58.9. The molecular weight excluding hydrogens is 797 g/mol. The van der Waals surface area contributed by atoms with E-state index in [0.717, 1.165) is 29.2 Å². The van der Waals surface area contributed by atoms with Crippen molar-refractivity contribution in [3.05, 3.63) is 66.3 Å². The van der Waals surface area contributed by atoms with Gasteiger partial charge in [0.2, 0.25) is 17.5 Å². The second-order valence-electron chi connectivity index (χ2n) is 20.0. The van der Waals surface area contributed by atoms with Gasteiger partial charge in [0.1, 0.15) is 16.8 Å². The summed E-state index contributed by atoms with van der Waals surface area (Å²) in [5.74, 6) is -8.45. The van der Waals surface area contributed by atoms with Gasteiger partial charge in [-0.05, 0) is 117 Å². The summed E-state index contributed by atoms with van der Waals surface area (Å²) >= 11 is 0. The van der Waals surface area contributed by atoms with E-state index in [9.17, 15) is 19.5 Å². The van der Waals surface area contributed by atoms with Gasteiger partial charge in [-0.3, -0.25) is 0 Å². The van der Waals surface area contributed by atoms with E-state index in [2.05, 4.69) is 13.8 Å². The molecule has 1 N–H and O–H groups in total. The first kappa shape index (κ1) is 50.5. The molecule has 2 fully saturated rings. The van der Waals surface area contributed by atoms with E-state index in [0.29, 0.717) is 5.92 Å². The summed E-state index contributed by atoms with van der Waals surface area (Å²) in [6.45, 7) is 23.4. The van der Waals surface area contributed by atoms with Crippen molar-refractivity contribution >= 4 is 40.7 Å². The molecule has 2 aliphatic rings. The normalized spacial score (nSPS) is 26.7. The van der Waals surface area contributed by atoms with Crippen molar-refractivity contribution in [2.45, 2.75) is 181 Å². The first-order chi connectivity index (χ1) is 28.5. The molecule has 344 valence electrons. The van der Waals surface area contributed by atoms with Crippen LogP contribution in [-0.4, -0.2) is 94.0 Å². The first-order valence-electron chi connectivity index (χ1n) is 21.6. The maximum atomic E-state index is 15.3. The average molecular weight is 867 g/mol. The zero-order valence-corrected chi connectivity index (χ0v) is 39.4. The van der Waals surface area contributed by atoms with E-state index in [1.807, 2.05) is 61.5 Å². The highest BCUT2D eigenvalue weighted by molar-refractivity contribution is 6.00. The quantitative estimate of drug-likeness (QED) is 0.0740. The zero-order chi connectivity index (χ0) is 46.7. The molecule has 0 spiro atoms. The molecule has 62 heavy (non-hydrogen) atoms. The molecule has 0 aromatic heterocycles. The van der Waals surface area contributed by atoms with Crippen molar-refractivity contribution in [3.8, 4) is 0 Å². The molecule has 2 heterocycles. The number of rotatable bonds is 16. The van der Waals surface area contributed by atoms with Crippen molar-refractivity contribution in [2.24, 2.45) is 11.8 Å². The van der Waals surface area contributed by atoms with E-state index in [1.54, 1.807) is 82.2 Å². The lowest BCUT2D eigenvalue weighted by Crippen LogP contribution is -2.79. The standard InChI is InChI=1S/C49H70O13/c1-16-31(2)30-32(3)27-28-36(50)56-38-37(57-46(13,14)55-15)47(29-20-19-23-34-25-21-24-33-22-17-18-26-35(33)34)58-39(40(51)59-43(4,5)6)48(54,41(52)60-44(7,8)9)49(38,62-47)42(53)61-45(10,11)12/h17-19,21-28,31-32,37-39,54H,16,20,29-30H2,1-15H3/b23-19+,28-27+/t31?,32?,37-,38-,39-,47-,48-,49-/m1/s1. The highest BCUT2D eigenvalue weighted by Crippen LogP contribution is 2.58. The summed E-state index contributed by atoms with van der Waals surface area (Å²) in [7, 11) is 1.38. The van der Waals surface area contributed by atoms with Crippen LogP contribution in [0.25, 0.3) is 16.8 Å². The number of fused-ring (bicyclic) bond motifs is 3. The topological polar surface area (TPSA) is 162 Å². The van der Waals surface area contributed by atoms with Crippen LogP contribution in [-0.2, 0) is 57.1 Å². The minimum absolute atomic E-state index is 0.0470. The number of aliphatic hydroxyl groups is 1. The van der Waals surface area contributed by atoms with Gasteiger partial charge in [0.25, 0.3) is 5.60 Å². The van der Waals surface area contributed by atoms with Crippen LogP contribution in [0.15, 0.2) is 60.7 Å². The van der Waals surface area contributed by atoms with Crippen molar-refractivity contribution in [1.29, 1.82) is 0 Å². The van der Waals surface area contributed by atoms with Crippen molar-refractivity contribution in [3.63, 3.8) is 0 Å². The number of methoxy groups -OCH3 is 1. The van der Waals surface area contributed by atoms with Crippen LogP contribution in [0.1, 0.15) is 128 Å². The van der Waals surface area contributed by atoms with Gasteiger partial charge in [0.05, 0.1) is 0 Å². The molecule has 2 aliphatic heterocycles. The zero-order valence-electron chi connectivity index (χ0n) is 39.4. The predicted molar refractivity (Wildman–Crippen MR) is 234 cm³/mol. The molecular formula is C49H70O13.